The number of halogens is 5. The number of nitrogens with one attached hydrogen (secondary N) is 1. The Morgan fingerprint density at radius 1 is 1.12 bits per heavy atom. The summed E-state index contributed by atoms with van der Waals surface area (Å²) in [4.78, 5) is 15.8. The van der Waals surface area contributed by atoms with Crippen molar-refractivity contribution in [2.75, 3.05) is 44.2 Å². The first-order valence-corrected chi connectivity index (χ1v) is 8.34. The first-order valence-electron chi connectivity index (χ1n) is 8.34. The molecule has 1 saturated carbocycles. The fraction of sp³-hybridized carbons (Fsp3) is 0.588. The molecule has 1 aliphatic heterocycles. The number of hydrogen-bond donors (Lipinski definition) is 1. The van der Waals surface area contributed by atoms with Gasteiger partial charge in [0, 0.05) is 31.9 Å². The molecule has 0 radical (unpaired) electrons. The van der Waals surface area contributed by atoms with Crippen molar-refractivity contribution in [2.45, 2.75) is 19.0 Å². The Kier molecular flexibility index (Phi) is 8.50. The minimum Gasteiger partial charge on any atom is -0.368 e. The Morgan fingerprint density at radius 3 is 2.35 bits per heavy atom. The highest BCUT2D eigenvalue weighted by Gasteiger charge is 2.31. The number of hydrogen-bond acceptors (Lipinski definition) is 3. The smallest absolute Gasteiger partial charge is 0.368 e. The van der Waals surface area contributed by atoms with E-state index in [2.05, 4.69) is 5.32 Å². The number of rotatable bonds is 5. The van der Waals surface area contributed by atoms with E-state index in [0.29, 0.717) is 38.4 Å². The number of carbonyl (C=O) groups is 1. The molecule has 0 unspecified atom stereocenters. The van der Waals surface area contributed by atoms with E-state index in [1.807, 2.05) is 4.90 Å². The van der Waals surface area contributed by atoms with Gasteiger partial charge in [0.05, 0.1) is 12.1 Å². The zero-order valence-corrected chi connectivity index (χ0v) is 15.9. The number of carbonyl (C=O) groups excluding carboxylic acids is 1. The summed E-state index contributed by atoms with van der Waals surface area (Å²) in [6.45, 7) is 3.43. The van der Waals surface area contributed by atoms with Gasteiger partial charge in [-0.25, -0.2) is 0 Å². The second-order valence-electron chi connectivity index (χ2n) is 6.49. The van der Waals surface area contributed by atoms with Crippen LogP contribution in [-0.4, -0.2) is 50.1 Å². The maximum atomic E-state index is 12.8. The molecule has 4 nitrogen and oxygen atoms in total. The third-order valence-corrected chi connectivity index (χ3v) is 4.58. The highest BCUT2D eigenvalue weighted by Crippen LogP contribution is 2.32. The van der Waals surface area contributed by atoms with Crippen molar-refractivity contribution in [2.24, 2.45) is 5.92 Å². The maximum absolute atomic E-state index is 12.8. The molecule has 1 aromatic rings. The van der Waals surface area contributed by atoms with Crippen LogP contribution >= 0.6 is 24.8 Å². The molecule has 1 saturated heterocycles. The van der Waals surface area contributed by atoms with Crippen LogP contribution in [0.5, 0.6) is 0 Å². The van der Waals surface area contributed by atoms with Gasteiger partial charge in [-0.2, -0.15) is 13.2 Å². The van der Waals surface area contributed by atoms with Crippen molar-refractivity contribution in [3.63, 3.8) is 0 Å². The van der Waals surface area contributed by atoms with Gasteiger partial charge >= 0.3 is 6.18 Å². The second kappa shape index (κ2) is 9.67. The van der Waals surface area contributed by atoms with Crippen LogP contribution in [0.1, 0.15) is 18.4 Å². The van der Waals surface area contributed by atoms with E-state index in [-0.39, 0.29) is 30.7 Å². The highest BCUT2D eigenvalue weighted by atomic mass is 35.5. The Balaban J connectivity index is 0.00000169. The summed E-state index contributed by atoms with van der Waals surface area (Å²) >= 11 is 0. The molecule has 0 bridgehead atoms. The molecule has 9 heteroatoms. The third kappa shape index (κ3) is 6.21. The van der Waals surface area contributed by atoms with Gasteiger partial charge in [0.25, 0.3) is 0 Å². The monoisotopic (exact) mass is 413 g/mol. The number of amides is 1. The van der Waals surface area contributed by atoms with Gasteiger partial charge < -0.3 is 15.1 Å². The molecule has 0 aromatic heterocycles. The van der Waals surface area contributed by atoms with Crippen molar-refractivity contribution in [1.29, 1.82) is 0 Å². The van der Waals surface area contributed by atoms with Crippen molar-refractivity contribution in [3.8, 4) is 0 Å². The highest BCUT2D eigenvalue weighted by molar-refractivity contribution is 5.85. The number of anilines is 1. The molecule has 1 aliphatic carbocycles. The summed E-state index contributed by atoms with van der Waals surface area (Å²) in [5.74, 6) is 0.801. The van der Waals surface area contributed by atoms with Crippen molar-refractivity contribution >= 4 is 36.4 Å². The molecule has 1 amide bonds. The zero-order valence-electron chi connectivity index (χ0n) is 14.3. The van der Waals surface area contributed by atoms with Crippen LogP contribution in [0.25, 0.3) is 0 Å². The normalized spacial score (nSPS) is 17.3. The minimum atomic E-state index is -4.33. The number of benzene rings is 1. The van der Waals surface area contributed by atoms with Crippen molar-refractivity contribution < 1.29 is 18.0 Å². The van der Waals surface area contributed by atoms with Crippen molar-refractivity contribution in [1.82, 2.24) is 10.2 Å². The molecule has 3 rings (SSSR count). The van der Waals surface area contributed by atoms with Gasteiger partial charge in [-0.1, -0.05) is 6.07 Å². The third-order valence-electron chi connectivity index (χ3n) is 4.58. The Bertz CT molecular complexity index is 589. The van der Waals surface area contributed by atoms with E-state index >= 15 is 0 Å². The fourth-order valence-electron chi connectivity index (χ4n) is 2.91. The first-order chi connectivity index (χ1) is 11.4. The lowest BCUT2D eigenvalue weighted by molar-refractivity contribution is -0.137. The number of piperazine rings is 1. The Hall–Kier alpha value is -1.18. The van der Waals surface area contributed by atoms with Crippen LogP contribution < -0.4 is 10.2 Å². The first kappa shape index (κ1) is 22.9. The van der Waals surface area contributed by atoms with Crippen LogP contribution in [0.15, 0.2) is 24.3 Å². The largest absolute Gasteiger partial charge is 0.416 e. The average molecular weight is 414 g/mol. The lowest BCUT2D eigenvalue weighted by Crippen LogP contribution is -2.51. The molecule has 148 valence electrons. The zero-order chi connectivity index (χ0) is 17.2. The molecular formula is C17H24Cl2F3N3O. The number of alkyl halides is 3. The molecule has 26 heavy (non-hydrogen) atoms. The SMILES string of the molecule is Cl.Cl.O=C(CNCC1CC1)N1CCN(c2cccc(C(F)(F)F)c2)CC1. The lowest BCUT2D eigenvalue weighted by Gasteiger charge is -2.36. The van der Waals surface area contributed by atoms with Gasteiger partial charge in [-0.05, 0) is 43.5 Å². The molecule has 2 aliphatic rings. The standard InChI is InChI=1S/C17H22F3N3O.2ClH/c18-17(19,20)14-2-1-3-15(10-14)22-6-8-23(9-7-22)16(24)12-21-11-13-4-5-13;;/h1-3,10,13,21H,4-9,11-12H2;2*1H. The maximum Gasteiger partial charge on any atom is 0.416 e. The summed E-state index contributed by atoms with van der Waals surface area (Å²) in [7, 11) is 0. The molecule has 1 heterocycles. The van der Waals surface area contributed by atoms with E-state index in [0.717, 1.165) is 18.5 Å². The van der Waals surface area contributed by atoms with E-state index in [1.54, 1.807) is 11.0 Å². The van der Waals surface area contributed by atoms with Gasteiger partial charge in [-0.3, -0.25) is 4.79 Å². The molecular weight excluding hydrogens is 390 g/mol. The molecule has 0 atom stereocenters. The number of nitrogens with zero attached hydrogens (tertiary/aromatic N) is 2. The predicted molar refractivity (Wildman–Crippen MR) is 100 cm³/mol. The second-order valence-corrected chi connectivity index (χ2v) is 6.49. The Labute approximate surface area is 163 Å². The van der Waals surface area contributed by atoms with Crippen LogP contribution in [-0.2, 0) is 11.0 Å². The van der Waals surface area contributed by atoms with E-state index in [4.69, 9.17) is 0 Å². The molecule has 0 spiro atoms. The van der Waals surface area contributed by atoms with E-state index in [1.165, 1.54) is 25.0 Å². The quantitative estimate of drug-likeness (QED) is 0.804. The Morgan fingerprint density at radius 2 is 1.77 bits per heavy atom. The topological polar surface area (TPSA) is 35.6 Å². The molecule has 1 aromatic carbocycles. The van der Waals surface area contributed by atoms with Gasteiger partial charge in [0.15, 0.2) is 0 Å². The van der Waals surface area contributed by atoms with E-state index < -0.39 is 11.7 Å². The van der Waals surface area contributed by atoms with Gasteiger partial charge in [-0.15, -0.1) is 24.8 Å². The molecule has 2 fully saturated rings. The van der Waals surface area contributed by atoms with E-state index in [9.17, 15) is 18.0 Å². The van der Waals surface area contributed by atoms with Gasteiger partial charge in [0.1, 0.15) is 0 Å². The minimum absolute atomic E-state index is 0. The van der Waals surface area contributed by atoms with Crippen molar-refractivity contribution in [3.05, 3.63) is 29.8 Å². The molecule has 1 N–H and O–H groups in total. The van der Waals surface area contributed by atoms with Crippen LogP contribution in [0.2, 0.25) is 0 Å². The summed E-state index contributed by atoms with van der Waals surface area (Å²) in [5.41, 5.74) is -0.0773. The fourth-order valence-corrected chi connectivity index (χ4v) is 2.91. The van der Waals surface area contributed by atoms with Crippen LogP contribution in [0.3, 0.4) is 0 Å². The average Bonchev–Trinajstić information content (AvgIpc) is 3.38. The van der Waals surface area contributed by atoms with Crippen LogP contribution in [0, 0.1) is 5.92 Å². The summed E-state index contributed by atoms with van der Waals surface area (Å²) in [6.07, 6.45) is -1.84. The summed E-state index contributed by atoms with van der Waals surface area (Å²) < 4.78 is 38.4. The summed E-state index contributed by atoms with van der Waals surface area (Å²) in [6, 6.07) is 5.37. The van der Waals surface area contributed by atoms with Crippen LogP contribution in [0.4, 0.5) is 18.9 Å². The summed E-state index contributed by atoms with van der Waals surface area (Å²) in [5, 5.41) is 3.18. The predicted octanol–water partition coefficient (Wildman–Crippen LogP) is 3.20. The van der Waals surface area contributed by atoms with Gasteiger partial charge in [0.2, 0.25) is 5.91 Å². The lowest BCUT2D eigenvalue weighted by atomic mass is 10.1.